The number of esters is 1. The Hall–Kier alpha value is -0.570. The van der Waals surface area contributed by atoms with Gasteiger partial charge in [0, 0.05) is 6.61 Å². The van der Waals surface area contributed by atoms with Gasteiger partial charge in [0.1, 0.15) is 0 Å². The van der Waals surface area contributed by atoms with Crippen LogP contribution in [0.4, 0.5) is 0 Å². The highest BCUT2D eigenvalue weighted by atomic mass is 16.6. The molecule has 0 N–H and O–H groups in total. The van der Waals surface area contributed by atoms with Crippen LogP contribution in [0.25, 0.3) is 0 Å². The topological polar surface area (TPSA) is 35.5 Å². The number of carbonyl (C=O) groups excluding carboxylic acids is 1. The van der Waals surface area contributed by atoms with Gasteiger partial charge in [-0.15, -0.1) is 0 Å². The molecule has 0 fully saturated rings. The summed E-state index contributed by atoms with van der Waals surface area (Å²) in [7, 11) is 0. The fraction of sp³-hybridized carbons (Fsp3) is 0.929. The lowest BCUT2D eigenvalue weighted by Gasteiger charge is -2.22. The van der Waals surface area contributed by atoms with E-state index in [1.54, 1.807) is 0 Å². The van der Waals surface area contributed by atoms with E-state index in [4.69, 9.17) is 9.47 Å². The molecule has 3 nitrogen and oxygen atoms in total. The molecule has 0 aromatic carbocycles. The van der Waals surface area contributed by atoms with Crippen molar-refractivity contribution in [3.05, 3.63) is 0 Å². The van der Waals surface area contributed by atoms with Crippen molar-refractivity contribution < 1.29 is 14.3 Å². The molecule has 0 radical (unpaired) electrons. The van der Waals surface area contributed by atoms with Gasteiger partial charge in [-0.1, -0.05) is 33.6 Å². The third-order valence-electron chi connectivity index (χ3n) is 2.82. The fourth-order valence-electron chi connectivity index (χ4n) is 1.87. The summed E-state index contributed by atoms with van der Waals surface area (Å²) in [6.45, 7) is 11.2. The minimum absolute atomic E-state index is 0.216. The third kappa shape index (κ3) is 7.37. The molecule has 0 saturated carbocycles. The number of rotatable bonds is 9. The lowest BCUT2D eigenvalue weighted by Crippen LogP contribution is -2.33. The molecular formula is C14H28O3. The van der Waals surface area contributed by atoms with Gasteiger partial charge in [-0.05, 0) is 32.1 Å². The highest BCUT2D eigenvalue weighted by molar-refractivity contribution is 5.75. The van der Waals surface area contributed by atoms with Crippen LogP contribution >= 0.6 is 0 Å². The third-order valence-corrected chi connectivity index (χ3v) is 2.82. The fourth-order valence-corrected chi connectivity index (χ4v) is 1.87. The monoisotopic (exact) mass is 244 g/mol. The van der Waals surface area contributed by atoms with Crippen molar-refractivity contribution in [2.75, 3.05) is 13.2 Å². The second kappa shape index (κ2) is 9.46. The molecule has 0 aliphatic heterocycles. The number of hydrogen-bond donors (Lipinski definition) is 0. The Morgan fingerprint density at radius 1 is 1.06 bits per heavy atom. The normalized spacial score (nSPS) is 14.7. The van der Waals surface area contributed by atoms with Crippen molar-refractivity contribution in [2.45, 2.75) is 60.0 Å². The van der Waals surface area contributed by atoms with Crippen LogP contribution in [0, 0.1) is 11.8 Å². The average molecular weight is 244 g/mol. The summed E-state index contributed by atoms with van der Waals surface area (Å²) < 4.78 is 10.5. The van der Waals surface area contributed by atoms with Gasteiger partial charge in [-0.3, -0.25) is 0 Å². The Bertz CT molecular complexity index is 202. The highest BCUT2D eigenvalue weighted by Gasteiger charge is 2.26. The first-order chi connectivity index (χ1) is 8.02. The van der Waals surface area contributed by atoms with Crippen molar-refractivity contribution in [3.63, 3.8) is 0 Å². The summed E-state index contributed by atoms with van der Waals surface area (Å²) in [5, 5.41) is 0. The zero-order chi connectivity index (χ0) is 13.3. The van der Waals surface area contributed by atoms with Crippen LogP contribution in [-0.4, -0.2) is 25.3 Å². The van der Waals surface area contributed by atoms with E-state index in [1.165, 1.54) is 6.42 Å². The molecule has 0 aliphatic rings. The molecule has 17 heavy (non-hydrogen) atoms. The molecule has 2 unspecified atom stereocenters. The van der Waals surface area contributed by atoms with E-state index in [0.29, 0.717) is 13.2 Å². The van der Waals surface area contributed by atoms with Crippen LogP contribution in [0.1, 0.15) is 53.9 Å². The summed E-state index contributed by atoms with van der Waals surface area (Å²) in [6.07, 6.45) is 2.96. The van der Waals surface area contributed by atoms with Crippen molar-refractivity contribution in [1.82, 2.24) is 0 Å². The smallest absolute Gasteiger partial charge is 0.335 e. The standard InChI is InChI=1S/C14H28O3/c1-6-16-13(14(15)17-7-2)12(5)10-8-9-11(3)4/h11-13H,6-10H2,1-5H3. The van der Waals surface area contributed by atoms with E-state index < -0.39 is 6.10 Å². The van der Waals surface area contributed by atoms with Gasteiger partial charge < -0.3 is 9.47 Å². The largest absolute Gasteiger partial charge is 0.464 e. The van der Waals surface area contributed by atoms with Crippen molar-refractivity contribution in [1.29, 1.82) is 0 Å². The van der Waals surface area contributed by atoms with Crippen molar-refractivity contribution in [3.8, 4) is 0 Å². The van der Waals surface area contributed by atoms with Crippen LogP contribution < -0.4 is 0 Å². The molecule has 0 heterocycles. The Morgan fingerprint density at radius 3 is 2.18 bits per heavy atom. The maximum atomic E-state index is 11.7. The van der Waals surface area contributed by atoms with Crippen LogP contribution in [0.5, 0.6) is 0 Å². The first-order valence-corrected chi connectivity index (χ1v) is 6.81. The summed E-state index contributed by atoms with van der Waals surface area (Å²) in [4.78, 5) is 11.7. The maximum Gasteiger partial charge on any atom is 0.335 e. The lowest BCUT2D eigenvalue weighted by molar-refractivity contribution is -0.160. The number of ether oxygens (including phenoxy) is 2. The van der Waals surface area contributed by atoms with Gasteiger partial charge in [0.2, 0.25) is 0 Å². The van der Waals surface area contributed by atoms with Crippen LogP contribution in [0.15, 0.2) is 0 Å². The van der Waals surface area contributed by atoms with Gasteiger partial charge in [0.05, 0.1) is 6.61 Å². The van der Waals surface area contributed by atoms with Gasteiger partial charge in [0.15, 0.2) is 6.10 Å². The van der Waals surface area contributed by atoms with E-state index in [1.807, 2.05) is 13.8 Å². The molecule has 0 spiro atoms. The predicted molar refractivity (Wildman–Crippen MR) is 69.9 cm³/mol. The molecule has 0 bridgehead atoms. The molecular weight excluding hydrogens is 216 g/mol. The summed E-state index contributed by atoms with van der Waals surface area (Å²) in [6, 6.07) is 0. The summed E-state index contributed by atoms with van der Waals surface area (Å²) in [5.74, 6) is 0.731. The molecule has 2 atom stereocenters. The number of carbonyl (C=O) groups is 1. The molecule has 0 aromatic rings. The molecule has 0 aliphatic carbocycles. The van der Waals surface area contributed by atoms with Crippen LogP contribution in [0.2, 0.25) is 0 Å². The van der Waals surface area contributed by atoms with E-state index in [-0.39, 0.29) is 11.9 Å². The van der Waals surface area contributed by atoms with E-state index in [0.717, 1.165) is 18.8 Å². The zero-order valence-electron chi connectivity index (χ0n) is 12.0. The van der Waals surface area contributed by atoms with E-state index >= 15 is 0 Å². The molecule has 0 amide bonds. The van der Waals surface area contributed by atoms with E-state index in [2.05, 4.69) is 20.8 Å². The maximum absolute atomic E-state index is 11.7. The molecule has 0 rings (SSSR count). The second-order valence-electron chi connectivity index (χ2n) is 4.93. The Labute approximate surface area is 106 Å². The Kier molecular flexibility index (Phi) is 9.14. The van der Waals surface area contributed by atoms with Gasteiger partial charge in [-0.2, -0.15) is 0 Å². The zero-order valence-corrected chi connectivity index (χ0v) is 12.0. The van der Waals surface area contributed by atoms with Gasteiger partial charge in [0.25, 0.3) is 0 Å². The minimum atomic E-state index is -0.396. The SMILES string of the molecule is CCOC(=O)C(OCC)C(C)CCCC(C)C. The summed E-state index contributed by atoms with van der Waals surface area (Å²) in [5.41, 5.74) is 0. The first-order valence-electron chi connectivity index (χ1n) is 6.81. The predicted octanol–water partition coefficient (Wildman–Crippen LogP) is 3.42. The average Bonchev–Trinajstić information content (AvgIpc) is 2.25. The molecule has 0 saturated heterocycles. The minimum Gasteiger partial charge on any atom is -0.464 e. The van der Waals surface area contributed by atoms with Gasteiger partial charge in [-0.25, -0.2) is 4.79 Å². The Balaban J connectivity index is 4.13. The van der Waals surface area contributed by atoms with Gasteiger partial charge >= 0.3 is 5.97 Å². The molecule has 0 aromatic heterocycles. The van der Waals surface area contributed by atoms with Crippen molar-refractivity contribution in [2.24, 2.45) is 11.8 Å². The van der Waals surface area contributed by atoms with Crippen molar-refractivity contribution >= 4 is 5.97 Å². The van der Waals surface area contributed by atoms with E-state index in [9.17, 15) is 4.79 Å². The molecule has 3 heteroatoms. The second-order valence-corrected chi connectivity index (χ2v) is 4.93. The highest BCUT2D eigenvalue weighted by Crippen LogP contribution is 2.18. The van der Waals surface area contributed by atoms with Crippen LogP contribution in [0.3, 0.4) is 0 Å². The molecule has 102 valence electrons. The first kappa shape index (κ1) is 16.4. The summed E-state index contributed by atoms with van der Waals surface area (Å²) >= 11 is 0. The number of hydrogen-bond acceptors (Lipinski definition) is 3. The van der Waals surface area contributed by atoms with Crippen LogP contribution in [-0.2, 0) is 14.3 Å². The quantitative estimate of drug-likeness (QED) is 0.583. The lowest BCUT2D eigenvalue weighted by atomic mass is 9.95. The Morgan fingerprint density at radius 2 is 1.71 bits per heavy atom.